The van der Waals surface area contributed by atoms with Gasteiger partial charge in [0.15, 0.2) is 11.5 Å². The highest BCUT2D eigenvalue weighted by atomic mass is 16.7. The summed E-state index contributed by atoms with van der Waals surface area (Å²) in [5.74, 6) is 2.10. The molecule has 0 atom stereocenters. The van der Waals surface area contributed by atoms with Gasteiger partial charge < -0.3 is 29.2 Å². The predicted molar refractivity (Wildman–Crippen MR) is 102 cm³/mol. The number of carbonyl (C=O) groups is 2. The van der Waals surface area contributed by atoms with Crippen LogP contribution in [0, 0.1) is 0 Å². The molecular weight excluding hydrogens is 364 g/mol. The van der Waals surface area contributed by atoms with Gasteiger partial charge in [0, 0.05) is 18.7 Å². The summed E-state index contributed by atoms with van der Waals surface area (Å²) in [6, 6.07) is 12.3. The molecule has 148 valence electrons. The van der Waals surface area contributed by atoms with E-state index in [4.69, 9.17) is 18.9 Å². The normalized spacial score (nSPS) is 11.6. The summed E-state index contributed by atoms with van der Waals surface area (Å²) in [5, 5.41) is 2.75. The van der Waals surface area contributed by atoms with E-state index in [2.05, 4.69) is 5.32 Å². The molecule has 2 aromatic carbocycles. The third-order valence-electron chi connectivity index (χ3n) is 4.13. The summed E-state index contributed by atoms with van der Waals surface area (Å²) in [7, 11) is 1.59. The molecule has 1 N–H and O–H groups in total. The number of nitrogens with zero attached hydrogens (tertiary/aromatic N) is 1. The zero-order chi connectivity index (χ0) is 19.9. The molecule has 3 rings (SSSR count). The van der Waals surface area contributed by atoms with Crippen LogP contribution in [-0.2, 0) is 9.59 Å². The molecule has 0 aliphatic carbocycles. The molecule has 1 aliphatic heterocycles. The van der Waals surface area contributed by atoms with E-state index in [1.807, 2.05) is 0 Å². The summed E-state index contributed by atoms with van der Waals surface area (Å²) in [6.45, 7) is 2.06. The number of amides is 2. The molecule has 28 heavy (non-hydrogen) atoms. The maximum absolute atomic E-state index is 12.3. The van der Waals surface area contributed by atoms with Gasteiger partial charge in [0.1, 0.15) is 18.1 Å². The van der Waals surface area contributed by atoms with Gasteiger partial charge in [-0.3, -0.25) is 9.59 Å². The summed E-state index contributed by atoms with van der Waals surface area (Å²) in [5.41, 5.74) is 0.576. The van der Waals surface area contributed by atoms with Gasteiger partial charge in [-0.1, -0.05) is 0 Å². The SMILES string of the molecule is COc1ccc(OCCN(CC(=O)Nc2ccc3c(c2)OCO3)C(C)=O)cc1. The smallest absolute Gasteiger partial charge is 0.244 e. The molecule has 8 nitrogen and oxygen atoms in total. The molecule has 1 aliphatic rings. The standard InChI is InChI=1S/C20H22N2O6/c1-14(23)22(9-10-26-17-6-4-16(25-2)5-7-17)12-20(24)21-15-3-8-18-19(11-15)28-13-27-18/h3-8,11H,9-10,12-13H2,1-2H3,(H,21,24). The van der Waals surface area contributed by atoms with Crippen molar-refractivity contribution in [1.29, 1.82) is 0 Å². The van der Waals surface area contributed by atoms with Crippen LogP contribution in [0.3, 0.4) is 0 Å². The van der Waals surface area contributed by atoms with Crippen LogP contribution >= 0.6 is 0 Å². The van der Waals surface area contributed by atoms with Crippen molar-refractivity contribution in [1.82, 2.24) is 4.90 Å². The lowest BCUT2D eigenvalue weighted by atomic mass is 10.2. The van der Waals surface area contributed by atoms with Crippen LogP contribution < -0.4 is 24.3 Å². The minimum atomic E-state index is -0.307. The van der Waals surface area contributed by atoms with Crippen molar-refractivity contribution in [3.05, 3.63) is 42.5 Å². The number of ether oxygens (including phenoxy) is 4. The minimum Gasteiger partial charge on any atom is -0.497 e. The van der Waals surface area contributed by atoms with Crippen molar-refractivity contribution in [3.8, 4) is 23.0 Å². The van der Waals surface area contributed by atoms with E-state index >= 15 is 0 Å². The van der Waals surface area contributed by atoms with E-state index in [0.717, 1.165) is 5.75 Å². The first-order chi connectivity index (χ1) is 13.5. The number of rotatable bonds is 8. The fourth-order valence-electron chi connectivity index (χ4n) is 2.64. The number of benzene rings is 2. The number of anilines is 1. The molecule has 0 saturated carbocycles. The monoisotopic (exact) mass is 386 g/mol. The second-order valence-corrected chi connectivity index (χ2v) is 6.08. The maximum atomic E-state index is 12.3. The quantitative estimate of drug-likeness (QED) is 0.749. The maximum Gasteiger partial charge on any atom is 0.244 e. The first-order valence-electron chi connectivity index (χ1n) is 8.77. The Labute approximate surface area is 162 Å². The molecule has 0 fully saturated rings. The predicted octanol–water partition coefficient (Wildman–Crippen LogP) is 2.29. The third-order valence-corrected chi connectivity index (χ3v) is 4.13. The Balaban J connectivity index is 1.49. The van der Waals surface area contributed by atoms with E-state index < -0.39 is 0 Å². The van der Waals surface area contributed by atoms with Gasteiger partial charge in [0.25, 0.3) is 0 Å². The van der Waals surface area contributed by atoms with Gasteiger partial charge in [-0.05, 0) is 36.4 Å². The minimum absolute atomic E-state index is 0.0737. The number of hydrogen-bond donors (Lipinski definition) is 1. The lowest BCUT2D eigenvalue weighted by Crippen LogP contribution is -2.39. The number of hydrogen-bond acceptors (Lipinski definition) is 6. The van der Waals surface area contributed by atoms with Gasteiger partial charge >= 0.3 is 0 Å². The van der Waals surface area contributed by atoms with Crippen LogP contribution in [0.2, 0.25) is 0 Å². The molecule has 1 heterocycles. The highest BCUT2D eigenvalue weighted by Crippen LogP contribution is 2.34. The Hall–Kier alpha value is -3.42. The number of fused-ring (bicyclic) bond motifs is 1. The van der Waals surface area contributed by atoms with Crippen molar-refractivity contribution in [2.45, 2.75) is 6.92 Å². The average Bonchev–Trinajstić information content (AvgIpc) is 3.15. The van der Waals surface area contributed by atoms with Crippen LogP contribution in [0.5, 0.6) is 23.0 Å². The van der Waals surface area contributed by atoms with Gasteiger partial charge in [-0.25, -0.2) is 0 Å². The highest BCUT2D eigenvalue weighted by Gasteiger charge is 2.17. The van der Waals surface area contributed by atoms with E-state index in [-0.39, 0.29) is 38.3 Å². The zero-order valence-corrected chi connectivity index (χ0v) is 15.8. The van der Waals surface area contributed by atoms with E-state index in [0.29, 0.717) is 22.9 Å². The zero-order valence-electron chi connectivity index (χ0n) is 15.8. The Morgan fingerprint density at radius 3 is 2.50 bits per heavy atom. The van der Waals surface area contributed by atoms with Gasteiger partial charge in [-0.15, -0.1) is 0 Å². The van der Waals surface area contributed by atoms with Crippen LogP contribution in [0.1, 0.15) is 6.92 Å². The Bertz CT molecular complexity index is 837. The third kappa shape index (κ3) is 5.06. The van der Waals surface area contributed by atoms with E-state index in [9.17, 15) is 9.59 Å². The molecule has 0 spiro atoms. The summed E-state index contributed by atoms with van der Waals surface area (Å²) < 4.78 is 21.2. The summed E-state index contributed by atoms with van der Waals surface area (Å²) in [6.07, 6.45) is 0. The topological polar surface area (TPSA) is 86.3 Å². The summed E-state index contributed by atoms with van der Waals surface area (Å²) in [4.78, 5) is 25.6. The van der Waals surface area contributed by atoms with Gasteiger partial charge in [-0.2, -0.15) is 0 Å². The summed E-state index contributed by atoms with van der Waals surface area (Å²) >= 11 is 0. The molecule has 0 radical (unpaired) electrons. The second kappa shape index (κ2) is 8.98. The van der Waals surface area contributed by atoms with E-state index in [1.54, 1.807) is 49.6 Å². The van der Waals surface area contributed by atoms with Gasteiger partial charge in [0.2, 0.25) is 18.6 Å². The molecule has 0 saturated heterocycles. The van der Waals surface area contributed by atoms with Crippen LogP contribution in [0.15, 0.2) is 42.5 Å². The second-order valence-electron chi connectivity index (χ2n) is 6.08. The van der Waals surface area contributed by atoms with Crippen molar-refractivity contribution >= 4 is 17.5 Å². The van der Waals surface area contributed by atoms with Crippen molar-refractivity contribution in [2.75, 3.05) is 38.9 Å². The lowest BCUT2D eigenvalue weighted by Gasteiger charge is -2.20. The van der Waals surface area contributed by atoms with Crippen LogP contribution in [0.4, 0.5) is 5.69 Å². The number of nitrogens with one attached hydrogen (secondary N) is 1. The Kier molecular flexibility index (Phi) is 6.21. The van der Waals surface area contributed by atoms with Crippen molar-refractivity contribution in [3.63, 3.8) is 0 Å². The molecule has 8 heteroatoms. The molecule has 0 aromatic heterocycles. The van der Waals surface area contributed by atoms with Gasteiger partial charge in [0.05, 0.1) is 20.2 Å². The first kappa shape index (κ1) is 19.3. The van der Waals surface area contributed by atoms with Crippen molar-refractivity contribution < 1.29 is 28.5 Å². The van der Waals surface area contributed by atoms with E-state index in [1.165, 1.54) is 11.8 Å². The highest BCUT2D eigenvalue weighted by molar-refractivity contribution is 5.94. The fraction of sp³-hybridized carbons (Fsp3) is 0.300. The molecule has 0 unspecified atom stereocenters. The Morgan fingerprint density at radius 1 is 1.07 bits per heavy atom. The van der Waals surface area contributed by atoms with Crippen LogP contribution in [0.25, 0.3) is 0 Å². The largest absolute Gasteiger partial charge is 0.497 e. The first-order valence-corrected chi connectivity index (χ1v) is 8.77. The average molecular weight is 386 g/mol. The molecule has 0 bridgehead atoms. The van der Waals surface area contributed by atoms with Crippen LogP contribution in [-0.4, -0.2) is 50.3 Å². The molecule has 2 amide bonds. The lowest BCUT2D eigenvalue weighted by molar-refractivity contribution is -0.133. The van der Waals surface area contributed by atoms with Crippen molar-refractivity contribution in [2.24, 2.45) is 0 Å². The molecule has 2 aromatic rings. The molecular formula is C20H22N2O6. The fourth-order valence-corrected chi connectivity index (χ4v) is 2.64. The number of methoxy groups -OCH3 is 1. The Morgan fingerprint density at radius 2 is 1.79 bits per heavy atom. The number of carbonyl (C=O) groups excluding carboxylic acids is 2.